The van der Waals surface area contributed by atoms with Crippen LogP contribution in [0.25, 0.3) is 10.9 Å². The first-order valence-electron chi connectivity index (χ1n) is 6.89. The van der Waals surface area contributed by atoms with Crippen LogP contribution < -0.4 is 4.74 Å². The predicted molar refractivity (Wildman–Crippen MR) is 83.2 cm³/mol. The smallest absolute Gasteiger partial charge is 0.292 e. The van der Waals surface area contributed by atoms with Gasteiger partial charge in [-0.3, -0.25) is 0 Å². The van der Waals surface area contributed by atoms with Crippen LogP contribution in [0.2, 0.25) is 0 Å². The van der Waals surface area contributed by atoms with Crippen molar-refractivity contribution in [3.05, 3.63) is 65.4 Å². The number of ether oxygens (including phenoxy) is 1. The molecule has 0 aliphatic heterocycles. The third-order valence-electron chi connectivity index (χ3n) is 3.77. The van der Waals surface area contributed by atoms with E-state index in [0.717, 1.165) is 17.4 Å². The van der Waals surface area contributed by atoms with Crippen molar-refractivity contribution in [2.24, 2.45) is 0 Å². The molecule has 0 amide bonds. The van der Waals surface area contributed by atoms with Crippen LogP contribution >= 0.6 is 0 Å². The highest BCUT2D eigenvalue weighted by Gasteiger charge is 2.08. The Morgan fingerprint density at radius 3 is 2.76 bits per heavy atom. The maximum Gasteiger partial charge on any atom is 0.292 e. The molecule has 0 radical (unpaired) electrons. The van der Waals surface area contributed by atoms with Crippen molar-refractivity contribution in [1.82, 2.24) is 4.57 Å². The Morgan fingerprint density at radius 2 is 2.00 bits per heavy atom. The summed E-state index contributed by atoms with van der Waals surface area (Å²) in [5.74, 6) is 0.606. The Labute approximate surface area is 124 Å². The monoisotopic (exact) mass is 276 g/mol. The zero-order valence-electron chi connectivity index (χ0n) is 12.1. The Hall–Kier alpha value is -2.73. The molecule has 104 valence electrons. The molecule has 0 N–H and O–H groups in total. The van der Waals surface area contributed by atoms with E-state index >= 15 is 0 Å². The van der Waals surface area contributed by atoms with E-state index < -0.39 is 0 Å². The molecule has 0 saturated heterocycles. The topological polar surface area (TPSA) is 38.0 Å². The Balaban J connectivity index is 2.02. The third kappa shape index (κ3) is 2.48. The highest BCUT2D eigenvalue weighted by atomic mass is 16.5. The standard InChI is InChI=1S/C18H16N2O/c1-13-6-7-15(14(2)10-13)11-20-9-8-16-17(20)4-3-5-18(16)21-12-19/h3-10H,11H2,1-2H3. The second-order valence-electron chi connectivity index (χ2n) is 5.26. The van der Waals surface area contributed by atoms with Crippen molar-refractivity contribution in [1.29, 1.82) is 5.26 Å². The van der Waals surface area contributed by atoms with Crippen molar-refractivity contribution >= 4 is 10.9 Å². The molecule has 0 bridgehead atoms. The molecule has 1 aromatic heterocycles. The van der Waals surface area contributed by atoms with Gasteiger partial charge in [0.2, 0.25) is 0 Å². The van der Waals surface area contributed by atoms with Crippen LogP contribution in [0.5, 0.6) is 5.75 Å². The summed E-state index contributed by atoms with van der Waals surface area (Å²) in [6.45, 7) is 5.05. The van der Waals surface area contributed by atoms with Crippen LogP contribution in [0, 0.1) is 25.4 Å². The number of aryl methyl sites for hydroxylation is 2. The molecule has 3 aromatic rings. The Morgan fingerprint density at radius 1 is 1.14 bits per heavy atom. The average Bonchev–Trinajstić information content (AvgIpc) is 2.87. The number of hydrogen-bond acceptors (Lipinski definition) is 2. The zero-order valence-corrected chi connectivity index (χ0v) is 12.1. The number of fused-ring (bicyclic) bond motifs is 1. The van der Waals surface area contributed by atoms with Crippen LogP contribution in [0.3, 0.4) is 0 Å². The summed E-state index contributed by atoms with van der Waals surface area (Å²) in [5.41, 5.74) is 4.94. The van der Waals surface area contributed by atoms with Crippen LogP contribution in [0.4, 0.5) is 0 Å². The second kappa shape index (κ2) is 5.34. The minimum Gasteiger partial charge on any atom is -0.387 e. The van der Waals surface area contributed by atoms with Gasteiger partial charge in [0.15, 0.2) is 5.75 Å². The minimum absolute atomic E-state index is 0.606. The van der Waals surface area contributed by atoms with Gasteiger partial charge in [-0.15, -0.1) is 5.26 Å². The van der Waals surface area contributed by atoms with Gasteiger partial charge >= 0.3 is 0 Å². The van der Waals surface area contributed by atoms with Gasteiger partial charge in [0.05, 0.1) is 5.52 Å². The maximum atomic E-state index is 8.70. The third-order valence-corrected chi connectivity index (χ3v) is 3.77. The first-order chi connectivity index (χ1) is 10.2. The highest BCUT2D eigenvalue weighted by Crippen LogP contribution is 2.27. The molecule has 3 rings (SSSR count). The average molecular weight is 276 g/mol. The van der Waals surface area contributed by atoms with E-state index in [-0.39, 0.29) is 0 Å². The number of nitrogens with zero attached hydrogens (tertiary/aromatic N) is 2. The number of benzene rings is 2. The lowest BCUT2D eigenvalue weighted by Crippen LogP contribution is -2.00. The molecule has 3 heteroatoms. The second-order valence-corrected chi connectivity index (χ2v) is 5.26. The molecule has 1 heterocycles. The molecule has 0 saturated carbocycles. The largest absolute Gasteiger partial charge is 0.387 e. The maximum absolute atomic E-state index is 8.70. The van der Waals surface area contributed by atoms with Gasteiger partial charge in [-0.25, -0.2) is 0 Å². The summed E-state index contributed by atoms with van der Waals surface area (Å²) >= 11 is 0. The van der Waals surface area contributed by atoms with Crippen LogP contribution in [0.15, 0.2) is 48.7 Å². The van der Waals surface area contributed by atoms with E-state index in [2.05, 4.69) is 36.6 Å². The van der Waals surface area contributed by atoms with E-state index in [4.69, 9.17) is 10.00 Å². The van der Waals surface area contributed by atoms with Gasteiger partial charge in [-0.2, -0.15) is 0 Å². The number of hydrogen-bond donors (Lipinski definition) is 0. The van der Waals surface area contributed by atoms with Crippen LogP contribution in [0.1, 0.15) is 16.7 Å². The molecule has 0 spiro atoms. The van der Waals surface area contributed by atoms with E-state index in [9.17, 15) is 0 Å². The Bertz CT molecular complexity index is 840. The van der Waals surface area contributed by atoms with Crippen molar-refractivity contribution < 1.29 is 4.74 Å². The molecule has 3 nitrogen and oxygen atoms in total. The van der Waals surface area contributed by atoms with Gasteiger partial charge in [-0.1, -0.05) is 29.8 Å². The molecule has 0 fully saturated rings. The van der Waals surface area contributed by atoms with Gasteiger partial charge in [0.25, 0.3) is 6.26 Å². The summed E-state index contributed by atoms with van der Waals surface area (Å²) in [7, 11) is 0. The van der Waals surface area contributed by atoms with Crippen LogP contribution in [-0.4, -0.2) is 4.57 Å². The quantitative estimate of drug-likeness (QED) is 0.673. The lowest BCUT2D eigenvalue weighted by Gasteiger charge is -2.10. The molecule has 2 aromatic carbocycles. The lowest BCUT2D eigenvalue weighted by atomic mass is 10.1. The highest BCUT2D eigenvalue weighted by molar-refractivity contribution is 5.86. The van der Waals surface area contributed by atoms with Gasteiger partial charge in [-0.05, 0) is 43.2 Å². The van der Waals surface area contributed by atoms with E-state index in [1.165, 1.54) is 16.7 Å². The molecule has 0 atom stereocenters. The number of aromatic nitrogens is 1. The fourth-order valence-electron chi connectivity index (χ4n) is 2.68. The number of rotatable bonds is 3. The summed E-state index contributed by atoms with van der Waals surface area (Å²) in [5, 5.41) is 9.67. The lowest BCUT2D eigenvalue weighted by molar-refractivity contribution is 0.513. The minimum atomic E-state index is 0.606. The fraction of sp³-hybridized carbons (Fsp3) is 0.167. The van der Waals surface area contributed by atoms with E-state index in [1.807, 2.05) is 30.5 Å². The van der Waals surface area contributed by atoms with E-state index in [0.29, 0.717) is 5.75 Å². The zero-order chi connectivity index (χ0) is 14.8. The number of nitriles is 1. The predicted octanol–water partition coefficient (Wildman–Crippen LogP) is 4.17. The summed E-state index contributed by atoms with van der Waals surface area (Å²) < 4.78 is 7.19. The Kier molecular flexibility index (Phi) is 3.37. The van der Waals surface area contributed by atoms with Crippen molar-refractivity contribution in [3.63, 3.8) is 0 Å². The van der Waals surface area contributed by atoms with E-state index in [1.54, 1.807) is 6.26 Å². The van der Waals surface area contributed by atoms with Gasteiger partial charge in [0, 0.05) is 18.1 Å². The summed E-state index contributed by atoms with van der Waals surface area (Å²) in [4.78, 5) is 0. The molecular formula is C18H16N2O. The SMILES string of the molecule is Cc1ccc(Cn2ccc3c(OC#N)cccc32)c(C)c1. The summed E-state index contributed by atoms with van der Waals surface area (Å²) in [6.07, 6.45) is 3.78. The summed E-state index contributed by atoms with van der Waals surface area (Å²) in [6, 6.07) is 14.3. The van der Waals surface area contributed by atoms with Crippen LogP contribution in [-0.2, 0) is 6.54 Å². The molecule has 0 aliphatic carbocycles. The molecule has 0 unspecified atom stereocenters. The molecular weight excluding hydrogens is 260 g/mol. The molecule has 0 aliphatic rings. The van der Waals surface area contributed by atoms with Gasteiger partial charge < -0.3 is 9.30 Å². The van der Waals surface area contributed by atoms with Crippen molar-refractivity contribution in [2.45, 2.75) is 20.4 Å². The normalized spacial score (nSPS) is 10.5. The fourth-order valence-corrected chi connectivity index (χ4v) is 2.68. The molecule has 21 heavy (non-hydrogen) atoms. The van der Waals surface area contributed by atoms with Gasteiger partial charge in [0.1, 0.15) is 0 Å². The van der Waals surface area contributed by atoms with Crippen molar-refractivity contribution in [2.75, 3.05) is 0 Å². The van der Waals surface area contributed by atoms with Crippen molar-refractivity contribution in [3.8, 4) is 12.0 Å². The first-order valence-corrected chi connectivity index (χ1v) is 6.89. The first kappa shape index (κ1) is 13.3.